The summed E-state index contributed by atoms with van der Waals surface area (Å²) in [6, 6.07) is 2.26. The van der Waals surface area contributed by atoms with Gasteiger partial charge in [-0.1, -0.05) is 5.16 Å². The molecule has 11 heteroatoms. The highest BCUT2D eigenvalue weighted by molar-refractivity contribution is 6.03. The molecule has 0 bridgehead atoms. The number of carbonyl (C=O) groups is 2. The second-order valence-corrected chi connectivity index (χ2v) is 4.05. The van der Waals surface area contributed by atoms with Crippen molar-refractivity contribution in [3.63, 3.8) is 0 Å². The largest absolute Gasteiger partial charge is 0.416 e. The van der Waals surface area contributed by atoms with E-state index in [1.165, 1.54) is 0 Å². The molecule has 0 unspecified atom stereocenters. The van der Waals surface area contributed by atoms with Crippen molar-refractivity contribution in [3.05, 3.63) is 57.5 Å². The first-order valence-electron chi connectivity index (χ1n) is 5.72. The van der Waals surface area contributed by atoms with Crippen LogP contribution in [0.2, 0.25) is 0 Å². The Morgan fingerprint density at radius 2 is 1.91 bits per heavy atom. The van der Waals surface area contributed by atoms with Crippen LogP contribution in [-0.2, 0) is 10.9 Å². The number of rotatable bonds is 3. The van der Waals surface area contributed by atoms with Gasteiger partial charge in [-0.25, -0.2) is 9.59 Å². The van der Waals surface area contributed by atoms with Crippen LogP contribution in [0.5, 0.6) is 0 Å². The Labute approximate surface area is 124 Å². The highest BCUT2D eigenvalue weighted by Crippen LogP contribution is 2.33. The summed E-state index contributed by atoms with van der Waals surface area (Å²) in [7, 11) is 0. The van der Waals surface area contributed by atoms with Gasteiger partial charge in [-0.3, -0.25) is 10.1 Å². The van der Waals surface area contributed by atoms with Crippen LogP contribution in [0, 0.1) is 10.1 Å². The van der Waals surface area contributed by atoms with E-state index in [4.69, 9.17) is 0 Å². The molecular weight excluding hydrogens is 325 g/mol. The third-order valence-electron chi connectivity index (χ3n) is 2.57. The van der Waals surface area contributed by atoms with Crippen LogP contribution in [0.15, 0.2) is 35.1 Å². The molecule has 0 amide bonds. The quantitative estimate of drug-likeness (QED) is 0.368. The lowest BCUT2D eigenvalue weighted by molar-refractivity contribution is -0.385. The maximum atomic E-state index is 12.5. The van der Waals surface area contributed by atoms with Gasteiger partial charge in [0.05, 0.1) is 10.5 Å². The molecule has 1 heterocycles. The predicted octanol–water partition coefficient (Wildman–Crippen LogP) is 2.60. The van der Waals surface area contributed by atoms with Gasteiger partial charge >= 0.3 is 18.1 Å². The van der Waals surface area contributed by atoms with Crippen LogP contribution < -0.4 is 0 Å². The van der Waals surface area contributed by atoms with Crippen molar-refractivity contribution in [2.24, 2.45) is 0 Å². The van der Waals surface area contributed by atoms with Crippen molar-refractivity contribution < 1.29 is 36.9 Å². The number of carbonyl (C=O) groups excluding carboxylic acids is 2. The maximum Gasteiger partial charge on any atom is 0.416 e. The summed E-state index contributed by atoms with van der Waals surface area (Å²) in [5.74, 6) is -2.75. The van der Waals surface area contributed by atoms with Gasteiger partial charge in [-0.15, -0.1) is 0 Å². The Kier molecular flexibility index (Phi) is 4.12. The minimum Gasteiger partial charge on any atom is -0.384 e. The molecule has 0 saturated heterocycles. The van der Waals surface area contributed by atoms with Gasteiger partial charge in [0.1, 0.15) is 11.8 Å². The summed E-state index contributed by atoms with van der Waals surface area (Å²) in [5, 5.41) is 14.0. The fourth-order valence-corrected chi connectivity index (χ4v) is 1.54. The number of nitrogens with zero attached hydrogens (tertiary/aromatic N) is 2. The Hall–Kier alpha value is -3.24. The number of aromatic nitrogens is 1. The minimum absolute atomic E-state index is 0.178. The number of benzene rings is 1. The molecule has 0 aliphatic rings. The van der Waals surface area contributed by atoms with Gasteiger partial charge in [0, 0.05) is 12.1 Å². The summed E-state index contributed by atoms with van der Waals surface area (Å²) in [5.41, 5.74) is -3.64. The molecule has 0 fully saturated rings. The molecular formula is C12H5F3N2O6. The van der Waals surface area contributed by atoms with E-state index in [1.54, 1.807) is 0 Å². The molecule has 0 spiro atoms. The molecule has 1 aromatic carbocycles. The highest BCUT2D eigenvalue weighted by atomic mass is 19.4. The highest BCUT2D eigenvalue weighted by Gasteiger charge is 2.34. The van der Waals surface area contributed by atoms with Gasteiger partial charge in [0.2, 0.25) is 0 Å². The normalized spacial score (nSPS) is 11.1. The molecule has 0 aliphatic carbocycles. The summed E-state index contributed by atoms with van der Waals surface area (Å²) in [6.45, 7) is 0. The summed E-state index contributed by atoms with van der Waals surface area (Å²) in [4.78, 5) is 32.9. The SMILES string of the molecule is O=C(OC(=O)c1ccc(C(F)(F)F)cc1[N+](=O)[O-])c1ccon1. The van der Waals surface area contributed by atoms with E-state index in [0.717, 1.165) is 12.3 Å². The van der Waals surface area contributed by atoms with Crippen molar-refractivity contribution >= 4 is 17.6 Å². The van der Waals surface area contributed by atoms with Gasteiger partial charge in [-0.05, 0) is 12.1 Å². The molecule has 0 aliphatic heterocycles. The van der Waals surface area contributed by atoms with Crippen LogP contribution in [0.25, 0.3) is 0 Å². The van der Waals surface area contributed by atoms with E-state index in [2.05, 4.69) is 14.4 Å². The second kappa shape index (κ2) is 5.87. The molecule has 0 N–H and O–H groups in total. The number of hydrogen-bond donors (Lipinski definition) is 0. The van der Waals surface area contributed by atoms with Gasteiger partial charge < -0.3 is 9.26 Å². The van der Waals surface area contributed by atoms with Crippen LogP contribution in [-0.4, -0.2) is 22.0 Å². The zero-order valence-corrected chi connectivity index (χ0v) is 10.9. The van der Waals surface area contributed by atoms with Crippen LogP contribution in [0.1, 0.15) is 26.4 Å². The van der Waals surface area contributed by atoms with E-state index in [9.17, 15) is 32.9 Å². The predicted molar refractivity (Wildman–Crippen MR) is 64.3 cm³/mol. The van der Waals surface area contributed by atoms with Gasteiger partial charge in [-0.2, -0.15) is 13.2 Å². The minimum atomic E-state index is -4.83. The standard InChI is InChI=1S/C12H5F3N2O6/c13-12(14,15)6-1-2-7(9(5-6)17(20)21)10(18)23-11(19)8-3-4-22-16-8/h1-5H. The molecule has 0 radical (unpaired) electrons. The van der Waals surface area contributed by atoms with E-state index < -0.39 is 39.9 Å². The van der Waals surface area contributed by atoms with Gasteiger partial charge in [0.15, 0.2) is 5.69 Å². The average Bonchev–Trinajstić information content (AvgIpc) is 2.99. The Morgan fingerprint density at radius 1 is 1.22 bits per heavy atom. The van der Waals surface area contributed by atoms with Crippen molar-refractivity contribution in [1.29, 1.82) is 0 Å². The second-order valence-electron chi connectivity index (χ2n) is 4.05. The number of nitro benzene ring substituents is 1. The number of alkyl halides is 3. The summed E-state index contributed by atoms with van der Waals surface area (Å²) < 4.78 is 46.3. The van der Waals surface area contributed by atoms with E-state index in [0.29, 0.717) is 12.1 Å². The third kappa shape index (κ3) is 3.51. The molecule has 8 nitrogen and oxygen atoms in total. The number of ether oxygens (including phenoxy) is 1. The maximum absolute atomic E-state index is 12.5. The first-order valence-corrected chi connectivity index (χ1v) is 5.72. The van der Waals surface area contributed by atoms with E-state index >= 15 is 0 Å². The monoisotopic (exact) mass is 330 g/mol. The number of esters is 2. The Morgan fingerprint density at radius 3 is 2.43 bits per heavy atom. The summed E-state index contributed by atoms with van der Waals surface area (Å²) >= 11 is 0. The fourth-order valence-electron chi connectivity index (χ4n) is 1.54. The number of nitro groups is 1. The smallest absolute Gasteiger partial charge is 0.384 e. The van der Waals surface area contributed by atoms with Crippen LogP contribution in [0.3, 0.4) is 0 Å². The third-order valence-corrected chi connectivity index (χ3v) is 2.57. The lowest BCUT2D eigenvalue weighted by Gasteiger charge is -2.08. The van der Waals surface area contributed by atoms with Gasteiger partial charge in [0.25, 0.3) is 5.69 Å². The van der Waals surface area contributed by atoms with Crippen LogP contribution >= 0.6 is 0 Å². The number of hydrogen-bond acceptors (Lipinski definition) is 7. The van der Waals surface area contributed by atoms with Crippen molar-refractivity contribution in [1.82, 2.24) is 5.16 Å². The molecule has 2 aromatic rings. The Bertz CT molecular complexity index is 770. The lowest BCUT2D eigenvalue weighted by atomic mass is 10.1. The molecule has 2 rings (SSSR count). The number of halogens is 3. The zero-order valence-electron chi connectivity index (χ0n) is 10.9. The molecule has 0 saturated carbocycles. The Balaban J connectivity index is 2.33. The van der Waals surface area contributed by atoms with Crippen molar-refractivity contribution in [2.75, 3.05) is 0 Å². The fraction of sp³-hybridized carbons (Fsp3) is 0.0833. The summed E-state index contributed by atoms with van der Waals surface area (Å²) in [6.07, 6.45) is -3.81. The van der Waals surface area contributed by atoms with Crippen molar-refractivity contribution in [3.8, 4) is 0 Å². The van der Waals surface area contributed by atoms with E-state index in [1.807, 2.05) is 0 Å². The van der Waals surface area contributed by atoms with E-state index in [-0.39, 0.29) is 11.8 Å². The lowest BCUT2D eigenvalue weighted by Crippen LogP contribution is -2.15. The average molecular weight is 330 g/mol. The molecule has 1 aromatic heterocycles. The first-order chi connectivity index (χ1) is 10.7. The molecule has 23 heavy (non-hydrogen) atoms. The first kappa shape index (κ1) is 16.1. The molecule has 0 atom stereocenters. The van der Waals surface area contributed by atoms with Crippen LogP contribution in [0.4, 0.5) is 18.9 Å². The van der Waals surface area contributed by atoms with Crippen molar-refractivity contribution in [2.45, 2.75) is 6.18 Å². The zero-order chi connectivity index (χ0) is 17.2. The molecule has 120 valence electrons. The topological polar surface area (TPSA) is 113 Å².